The standard InChI is InChI=1S/C23H28N2O6S2/c1-29-21-9-8-18(33(27,28)25-10-13-30-14-11-25)15-20(21)24-23(26)19-6-2-3-7-22(19)32-16-17-5-4-12-31-17/h2-3,6-9,15,17H,4-5,10-14,16H2,1H3,(H,24,26)/t17-/m0/s1. The number of carbonyl (C=O) groups excluding carboxylic acids is 1. The predicted octanol–water partition coefficient (Wildman–Crippen LogP) is 3.24. The molecular weight excluding hydrogens is 464 g/mol. The lowest BCUT2D eigenvalue weighted by atomic mass is 10.2. The number of nitrogens with one attached hydrogen (secondary N) is 1. The van der Waals surface area contributed by atoms with Crippen LogP contribution in [0.25, 0.3) is 0 Å². The molecule has 33 heavy (non-hydrogen) atoms. The summed E-state index contributed by atoms with van der Waals surface area (Å²) < 4.78 is 43.8. The molecule has 0 radical (unpaired) electrons. The number of ether oxygens (including phenoxy) is 3. The Hall–Kier alpha value is -2.11. The topological polar surface area (TPSA) is 94.2 Å². The molecule has 2 heterocycles. The van der Waals surface area contributed by atoms with Crippen LogP contribution in [-0.4, -0.2) is 70.5 Å². The maximum absolute atomic E-state index is 13.2. The summed E-state index contributed by atoms with van der Waals surface area (Å²) in [6, 6.07) is 11.9. The van der Waals surface area contributed by atoms with Gasteiger partial charge in [0.2, 0.25) is 10.0 Å². The van der Waals surface area contributed by atoms with Crippen molar-refractivity contribution in [2.75, 3.05) is 51.1 Å². The normalized spacial score (nSPS) is 19.4. The first kappa shape index (κ1) is 24.0. The van der Waals surface area contributed by atoms with E-state index in [0.29, 0.717) is 43.3 Å². The Kier molecular flexibility index (Phi) is 7.92. The zero-order chi connectivity index (χ0) is 23.3. The van der Waals surface area contributed by atoms with Gasteiger partial charge in [0.05, 0.1) is 42.6 Å². The van der Waals surface area contributed by atoms with E-state index in [9.17, 15) is 13.2 Å². The van der Waals surface area contributed by atoms with Crippen molar-refractivity contribution in [3.63, 3.8) is 0 Å². The molecule has 2 fully saturated rings. The van der Waals surface area contributed by atoms with Crippen LogP contribution in [-0.2, 0) is 19.5 Å². The Morgan fingerprint density at radius 2 is 1.97 bits per heavy atom. The maximum atomic E-state index is 13.2. The summed E-state index contributed by atoms with van der Waals surface area (Å²) in [7, 11) is -2.23. The third kappa shape index (κ3) is 5.70. The summed E-state index contributed by atoms with van der Waals surface area (Å²) >= 11 is 1.59. The number of carbonyl (C=O) groups is 1. The third-order valence-electron chi connectivity index (χ3n) is 5.61. The molecule has 0 unspecified atom stereocenters. The van der Waals surface area contributed by atoms with Gasteiger partial charge in [-0.15, -0.1) is 11.8 Å². The van der Waals surface area contributed by atoms with Gasteiger partial charge < -0.3 is 19.5 Å². The van der Waals surface area contributed by atoms with Crippen LogP contribution in [0.4, 0.5) is 5.69 Å². The van der Waals surface area contributed by atoms with E-state index in [4.69, 9.17) is 14.2 Å². The molecule has 1 atom stereocenters. The predicted molar refractivity (Wildman–Crippen MR) is 127 cm³/mol. The van der Waals surface area contributed by atoms with Gasteiger partial charge in [0.15, 0.2) is 0 Å². The number of nitrogens with zero attached hydrogens (tertiary/aromatic N) is 1. The van der Waals surface area contributed by atoms with Crippen molar-refractivity contribution in [3.05, 3.63) is 48.0 Å². The molecule has 8 nitrogen and oxygen atoms in total. The van der Waals surface area contributed by atoms with E-state index in [-0.39, 0.29) is 16.9 Å². The first-order valence-electron chi connectivity index (χ1n) is 10.9. The van der Waals surface area contributed by atoms with Crippen LogP contribution in [0.2, 0.25) is 0 Å². The fourth-order valence-corrected chi connectivity index (χ4v) is 6.36. The van der Waals surface area contributed by atoms with Gasteiger partial charge >= 0.3 is 0 Å². The van der Waals surface area contributed by atoms with Crippen molar-refractivity contribution in [2.45, 2.75) is 28.7 Å². The summed E-state index contributed by atoms with van der Waals surface area (Å²) in [4.78, 5) is 14.1. The molecule has 10 heteroatoms. The molecule has 0 aromatic heterocycles. The second kappa shape index (κ2) is 10.9. The Morgan fingerprint density at radius 1 is 1.18 bits per heavy atom. The van der Waals surface area contributed by atoms with Gasteiger partial charge in [0.25, 0.3) is 5.91 Å². The average molecular weight is 493 g/mol. The van der Waals surface area contributed by atoms with Gasteiger partial charge in [-0.1, -0.05) is 12.1 Å². The Labute approximate surface area is 198 Å². The lowest BCUT2D eigenvalue weighted by molar-refractivity contribution is 0.0730. The van der Waals surface area contributed by atoms with Gasteiger partial charge in [-0.25, -0.2) is 8.42 Å². The van der Waals surface area contributed by atoms with Gasteiger partial charge in [-0.2, -0.15) is 4.31 Å². The van der Waals surface area contributed by atoms with Crippen molar-refractivity contribution in [1.29, 1.82) is 0 Å². The number of sulfonamides is 1. The maximum Gasteiger partial charge on any atom is 0.256 e. The molecule has 2 aromatic rings. The van der Waals surface area contributed by atoms with E-state index < -0.39 is 10.0 Å². The molecule has 2 aromatic carbocycles. The average Bonchev–Trinajstić information content (AvgIpc) is 3.37. The molecule has 0 aliphatic carbocycles. The van der Waals surface area contributed by atoms with Gasteiger partial charge in [-0.3, -0.25) is 4.79 Å². The smallest absolute Gasteiger partial charge is 0.256 e. The minimum atomic E-state index is -3.71. The van der Waals surface area contributed by atoms with Crippen LogP contribution in [0.5, 0.6) is 5.75 Å². The molecular formula is C23H28N2O6S2. The van der Waals surface area contributed by atoms with E-state index in [0.717, 1.165) is 30.1 Å². The minimum Gasteiger partial charge on any atom is -0.495 e. The van der Waals surface area contributed by atoms with E-state index in [1.165, 1.54) is 23.5 Å². The van der Waals surface area contributed by atoms with Crippen LogP contribution < -0.4 is 10.1 Å². The SMILES string of the molecule is COc1ccc(S(=O)(=O)N2CCOCC2)cc1NC(=O)c1ccccc1SC[C@@H]1CCCO1. The van der Waals surface area contributed by atoms with Crippen molar-refractivity contribution >= 4 is 33.4 Å². The molecule has 4 rings (SSSR count). The van der Waals surface area contributed by atoms with E-state index in [1.54, 1.807) is 23.9 Å². The lowest BCUT2D eigenvalue weighted by Gasteiger charge is -2.26. The minimum absolute atomic E-state index is 0.0987. The number of methoxy groups -OCH3 is 1. The second-order valence-corrected chi connectivity index (χ2v) is 10.8. The summed E-state index contributed by atoms with van der Waals surface area (Å²) in [5.41, 5.74) is 0.819. The van der Waals surface area contributed by atoms with Crippen LogP contribution >= 0.6 is 11.8 Å². The highest BCUT2D eigenvalue weighted by Crippen LogP contribution is 2.31. The monoisotopic (exact) mass is 492 g/mol. The fraction of sp³-hybridized carbons (Fsp3) is 0.435. The molecule has 178 valence electrons. The number of amides is 1. The fourth-order valence-electron chi connectivity index (χ4n) is 3.81. The second-order valence-electron chi connectivity index (χ2n) is 7.77. The van der Waals surface area contributed by atoms with Crippen molar-refractivity contribution in [1.82, 2.24) is 4.31 Å². The zero-order valence-corrected chi connectivity index (χ0v) is 20.1. The highest BCUT2D eigenvalue weighted by molar-refractivity contribution is 7.99. The number of thioether (sulfide) groups is 1. The number of rotatable bonds is 8. The van der Waals surface area contributed by atoms with Crippen LogP contribution in [0.15, 0.2) is 52.3 Å². The lowest BCUT2D eigenvalue weighted by Crippen LogP contribution is -2.40. The van der Waals surface area contributed by atoms with Crippen LogP contribution in [0.1, 0.15) is 23.2 Å². The van der Waals surface area contributed by atoms with E-state index >= 15 is 0 Å². The quantitative estimate of drug-likeness (QED) is 0.566. The highest BCUT2D eigenvalue weighted by atomic mass is 32.2. The molecule has 2 aliphatic rings. The highest BCUT2D eigenvalue weighted by Gasteiger charge is 2.27. The first-order chi connectivity index (χ1) is 16.0. The Bertz CT molecular complexity index is 1080. The zero-order valence-electron chi connectivity index (χ0n) is 18.5. The Morgan fingerprint density at radius 3 is 2.70 bits per heavy atom. The van der Waals surface area contributed by atoms with Gasteiger partial charge in [-0.05, 0) is 43.2 Å². The molecule has 1 amide bonds. The largest absolute Gasteiger partial charge is 0.495 e. The molecule has 1 N–H and O–H groups in total. The van der Waals surface area contributed by atoms with Crippen molar-refractivity contribution < 1.29 is 27.4 Å². The van der Waals surface area contributed by atoms with E-state index in [1.807, 2.05) is 18.2 Å². The van der Waals surface area contributed by atoms with Crippen molar-refractivity contribution in [3.8, 4) is 5.75 Å². The molecule has 2 saturated heterocycles. The molecule has 2 aliphatic heterocycles. The first-order valence-corrected chi connectivity index (χ1v) is 13.3. The summed E-state index contributed by atoms with van der Waals surface area (Å²) in [6.07, 6.45) is 2.30. The summed E-state index contributed by atoms with van der Waals surface area (Å²) in [6.45, 7) is 2.10. The molecule has 0 spiro atoms. The van der Waals surface area contributed by atoms with E-state index in [2.05, 4.69) is 5.32 Å². The number of hydrogen-bond acceptors (Lipinski definition) is 7. The number of benzene rings is 2. The number of hydrogen-bond donors (Lipinski definition) is 1. The number of morpholine rings is 1. The van der Waals surface area contributed by atoms with Gasteiger partial charge in [0, 0.05) is 30.3 Å². The van der Waals surface area contributed by atoms with Crippen LogP contribution in [0.3, 0.4) is 0 Å². The summed E-state index contributed by atoms with van der Waals surface area (Å²) in [5, 5.41) is 2.85. The van der Waals surface area contributed by atoms with Crippen LogP contribution in [0, 0.1) is 0 Å². The third-order valence-corrected chi connectivity index (χ3v) is 8.71. The molecule has 0 saturated carbocycles. The Balaban J connectivity index is 1.54. The molecule has 0 bridgehead atoms. The van der Waals surface area contributed by atoms with Crippen molar-refractivity contribution in [2.24, 2.45) is 0 Å². The number of anilines is 1. The van der Waals surface area contributed by atoms with Gasteiger partial charge in [0.1, 0.15) is 5.75 Å². The summed E-state index contributed by atoms with van der Waals surface area (Å²) in [5.74, 6) is 0.833.